The van der Waals surface area contributed by atoms with E-state index in [0.29, 0.717) is 30.8 Å². The molecule has 1 heterocycles. The van der Waals surface area contributed by atoms with Crippen LogP contribution in [-0.4, -0.2) is 58.3 Å². The first kappa shape index (κ1) is 18.2. The number of hydrogen-bond donors (Lipinski definition) is 1. The molecule has 9 heteroatoms. The molecule has 1 aliphatic rings. The van der Waals surface area contributed by atoms with Crippen molar-refractivity contribution < 1.29 is 27.5 Å². The molecule has 0 aromatic heterocycles. The smallest absolute Gasteiger partial charge is 0.243 e. The molecule has 1 fully saturated rings. The number of hydrogen-bond acceptors (Lipinski definition) is 6. The van der Waals surface area contributed by atoms with Crippen molar-refractivity contribution >= 4 is 22.2 Å². The van der Waals surface area contributed by atoms with Crippen molar-refractivity contribution in [2.24, 2.45) is 0 Å². The molecule has 1 aliphatic heterocycles. The van der Waals surface area contributed by atoms with Gasteiger partial charge in [0.15, 0.2) is 17.3 Å². The predicted molar refractivity (Wildman–Crippen MR) is 85.5 cm³/mol. The highest BCUT2D eigenvalue weighted by atomic mass is 32.2. The maximum absolute atomic E-state index is 12.8. The van der Waals surface area contributed by atoms with E-state index in [-0.39, 0.29) is 23.8 Å². The number of sulfonamides is 1. The highest BCUT2D eigenvalue weighted by molar-refractivity contribution is 7.89. The van der Waals surface area contributed by atoms with Crippen LogP contribution in [0.4, 0.5) is 0 Å². The minimum Gasteiger partial charge on any atom is -0.493 e. The summed E-state index contributed by atoms with van der Waals surface area (Å²) in [5, 5.41) is 2.43. The number of benzene rings is 1. The monoisotopic (exact) mass is 356 g/mol. The molecule has 0 radical (unpaired) electrons. The van der Waals surface area contributed by atoms with Gasteiger partial charge < -0.3 is 14.8 Å². The van der Waals surface area contributed by atoms with Crippen LogP contribution in [0.1, 0.15) is 12.8 Å². The Hall–Kier alpha value is -2.13. The summed E-state index contributed by atoms with van der Waals surface area (Å²) >= 11 is 0. The van der Waals surface area contributed by atoms with Crippen LogP contribution >= 0.6 is 0 Å². The van der Waals surface area contributed by atoms with E-state index in [9.17, 15) is 18.0 Å². The Kier molecular flexibility index (Phi) is 5.79. The van der Waals surface area contributed by atoms with Crippen LogP contribution in [-0.2, 0) is 19.6 Å². The van der Waals surface area contributed by atoms with Crippen LogP contribution in [0, 0.1) is 0 Å². The van der Waals surface area contributed by atoms with Crippen molar-refractivity contribution in [3.8, 4) is 11.5 Å². The summed E-state index contributed by atoms with van der Waals surface area (Å²) in [5.41, 5.74) is 0. The first-order chi connectivity index (χ1) is 11.4. The molecule has 0 saturated carbocycles. The van der Waals surface area contributed by atoms with Gasteiger partial charge in [0.25, 0.3) is 0 Å². The number of carbonyl (C=O) groups is 2. The molecule has 0 spiro atoms. The van der Waals surface area contributed by atoms with Crippen LogP contribution in [0.25, 0.3) is 0 Å². The first-order valence-corrected chi connectivity index (χ1v) is 8.82. The molecule has 132 valence electrons. The van der Waals surface area contributed by atoms with E-state index in [1.165, 1.54) is 32.4 Å². The summed E-state index contributed by atoms with van der Waals surface area (Å²) < 4.78 is 37.0. The highest BCUT2D eigenvalue weighted by Gasteiger charge is 2.32. The Morgan fingerprint density at radius 1 is 1.25 bits per heavy atom. The third-order valence-corrected chi connectivity index (χ3v) is 5.72. The fourth-order valence-electron chi connectivity index (χ4n) is 2.59. The Labute approximate surface area is 140 Å². The van der Waals surface area contributed by atoms with E-state index in [1.54, 1.807) is 0 Å². The van der Waals surface area contributed by atoms with E-state index in [4.69, 9.17) is 9.47 Å². The van der Waals surface area contributed by atoms with E-state index in [1.807, 2.05) is 0 Å². The largest absolute Gasteiger partial charge is 0.493 e. The molecule has 0 bridgehead atoms. The minimum atomic E-state index is -3.85. The summed E-state index contributed by atoms with van der Waals surface area (Å²) in [7, 11) is -0.979. The summed E-state index contributed by atoms with van der Waals surface area (Å²) in [6.07, 6.45) is 1.35. The summed E-state index contributed by atoms with van der Waals surface area (Å²) in [6, 6.07) is 3.63. The third-order valence-electron chi connectivity index (χ3n) is 3.88. The Morgan fingerprint density at radius 2 is 1.96 bits per heavy atom. The van der Waals surface area contributed by atoms with Gasteiger partial charge >= 0.3 is 0 Å². The number of rotatable bonds is 6. The standard InChI is InChI=1S/C15H20N2O6S/c1-22-14-6-5-11(8-15(14)23-2)24(20,21)17-7-3-4-12(16-10-18)13(19)9-17/h5-6,8,10,12H,3-4,7,9H2,1-2H3,(H,16,18). The normalized spacial score (nSPS) is 19.4. The van der Waals surface area contributed by atoms with Crippen LogP contribution in [0.15, 0.2) is 23.1 Å². The minimum absolute atomic E-state index is 0.0229. The molecule has 0 aliphatic carbocycles. The van der Waals surface area contributed by atoms with Crippen LogP contribution in [0.5, 0.6) is 11.5 Å². The van der Waals surface area contributed by atoms with Crippen LogP contribution in [0.3, 0.4) is 0 Å². The number of Topliss-reactive ketones (excluding diaryl/α,β-unsaturated/α-hetero) is 1. The molecule has 2 rings (SSSR count). The van der Waals surface area contributed by atoms with Gasteiger partial charge in [-0.1, -0.05) is 0 Å². The number of nitrogens with one attached hydrogen (secondary N) is 1. The fraction of sp³-hybridized carbons (Fsp3) is 0.467. The van der Waals surface area contributed by atoms with E-state index >= 15 is 0 Å². The number of methoxy groups -OCH3 is 2. The van der Waals surface area contributed by atoms with Gasteiger partial charge in [0.2, 0.25) is 16.4 Å². The number of carbonyl (C=O) groups excluding carboxylic acids is 2. The number of ether oxygens (including phenoxy) is 2. The van der Waals surface area contributed by atoms with Crippen LogP contribution in [0.2, 0.25) is 0 Å². The lowest BCUT2D eigenvalue weighted by atomic mass is 10.1. The topological polar surface area (TPSA) is 102 Å². The number of amides is 1. The summed E-state index contributed by atoms with van der Waals surface area (Å²) in [6.45, 7) is -0.0678. The van der Waals surface area contributed by atoms with Crippen molar-refractivity contribution in [1.29, 1.82) is 0 Å². The molecule has 1 aromatic rings. The van der Waals surface area contributed by atoms with Crippen molar-refractivity contribution in [2.75, 3.05) is 27.3 Å². The van der Waals surface area contributed by atoms with Gasteiger partial charge in [0, 0.05) is 12.6 Å². The Bertz CT molecular complexity index is 719. The average Bonchev–Trinajstić information content (AvgIpc) is 2.77. The molecule has 1 aromatic carbocycles. The second kappa shape index (κ2) is 7.63. The van der Waals surface area contributed by atoms with Crippen LogP contribution < -0.4 is 14.8 Å². The van der Waals surface area contributed by atoms with Gasteiger partial charge in [0.05, 0.1) is 31.7 Å². The van der Waals surface area contributed by atoms with Gasteiger partial charge in [-0.3, -0.25) is 9.59 Å². The summed E-state index contributed by atoms with van der Waals surface area (Å²) in [4.78, 5) is 22.7. The molecule has 1 atom stereocenters. The van der Waals surface area contributed by atoms with Crippen molar-refractivity contribution in [3.05, 3.63) is 18.2 Å². The third kappa shape index (κ3) is 3.68. The van der Waals surface area contributed by atoms with Crippen molar-refractivity contribution in [1.82, 2.24) is 9.62 Å². The quantitative estimate of drug-likeness (QED) is 0.729. The zero-order valence-electron chi connectivity index (χ0n) is 13.5. The Morgan fingerprint density at radius 3 is 2.58 bits per heavy atom. The lowest BCUT2D eigenvalue weighted by Crippen LogP contribution is -2.41. The second-order valence-corrected chi connectivity index (χ2v) is 7.24. The zero-order valence-corrected chi connectivity index (χ0v) is 14.3. The highest BCUT2D eigenvalue weighted by Crippen LogP contribution is 2.31. The van der Waals surface area contributed by atoms with Gasteiger partial charge in [-0.05, 0) is 25.0 Å². The average molecular weight is 356 g/mol. The molecule has 1 amide bonds. The van der Waals surface area contributed by atoms with Gasteiger partial charge in [-0.2, -0.15) is 4.31 Å². The van der Waals surface area contributed by atoms with Gasteiger partial charge in [-0.25, -0.2) is 8.42 Å². The molecule has 1 saturated heterocycles. The Balaban J connectivity index is 2.30. The van der Waals surface area contributed by atoms with E-state index < -0.39 is 16.1 Å². The SMILES string of the molecule is COc1ccc(S(=O)(=O)N2CCCC(NC=O)C(=O)C2)cc1OC. The molecule has 24 heavy (non-hydrogen) atoms. The predicted octanol–water partition coefficient (Wildman–Crippen LogP) is 0.172. The molecule has 1 unspecified atom stereocenters. The fourth-order valence-corrected chi connectivity index (χ4v) is 4.05. The lowest BCUT2D eigenvalue weighted by Gasteiger charge is -2.20. The molecular formula is C15H20N2O6S. The molecule has 1 N–H and O–H groups in total. The molecular weight excluding hydrogens is 336 g/mol. The van der Waals surface area contributed by atoms with Crippen molar-refractivity contribution in [2.45, 2.75) is 23.8 Å². The summed E-state index contributed by atoms with van der Waals surface area (Å²) in [5.74, 6) is 0.377. The van der Waals surface area contributed by atoms with Gasteiger partial charge in [-0.15, -0.1) is 0 Å². The maximum Gasteiger partial charge on any atom is 0.243 e. The van der Waals surface area contributed by atoms with E-state index in [2.05, 4.69) is 5.32 Å². The van der Waals surface area contributed by atoms with E-state index in [0.717, 1.165) is 4.31 Å². The lowest BCUT2D eigenvalue weighted by molar-refractivity contribution is -0.123. The first-order valence-electron chi connectivity index (χ1n) is 7.38. The molecule has 8 nitrogen and oxygen atoms in total. The zero-order chi connectivity index (χ0) is 17.7. The maximum atomic E-state index is 12.8. The second-order valence-electron chi connectivity index (χ2n) is 5.30. The number of nitrogens with zero attached hydrogens (tertiary/aromatic N) is 1. The number of ketones is 1. The van der Waals surface area contributed by atoms with Crippen molar-refractivity contribution in [3.63, 3.8) is 0 Å². The van der Waals surface area contributed by atoms with Gasteiger partial charge in [0.1, 0.15) is 0 Å².